The zero-order valence-electron chi connectivity index (χ0n) is 11.3. The maximum atomic E-state index is 12.4. The van der Waals surface area contributed by atoms with Crippen molar-refractivity contribution in [1.82, 2.24) is 9.97 Å². The molecule has 0 aliphatic heterocycles. The first-order valence-corrected chi connectivity index (χ1v) is 6.19. The minimum Gasteiger partial charge on any atom is -0.493 e. The van der Waals surface area contributed by atoms with Crippen LogP contribution in [0.1, 0.15) is 0 Å². The number of ether oxygens (including phenoxy) is 2. The van der Waals surface area contributed by atoms with Gasteiger partial charge in [-0.05, 0) is 18.2 Å². The fourth-order valence-electron chi connectivity index (χ4n) is 2.02. The van der Waals surface area contributed by atoms with Crippen molar-refractivity contribution in [2.45, 2.75) is 6.61 Å². The van der Waals surface area contributed by atoms with Crippen LogP contribution in [0.3, 0.4) is 0 Å². The summed E-state index contributed by atoms with van der Waals surface area (Å²) in [7, 11) is 1.29. The lowest BCUT2D eigenvalue weighted by atomic mass is 10.2. The van der Waals surface area contributed by atoms with Crippen LogP contribution in [0, 0.1) is 0 Å². The first-order chi connectivity index (χ1) is 10.6. The Labute approximate surface area is 122 Å². The number of fused-ring (bicyclic) bond motifs is 1. The van der Waals surface area contributed by atoms with Gasteiger partial charge in [-0.2, -0.15) is 8.78 Å². The Balaban J connectivity index is 2.21. The van der Waals surface area contributed by atoms with Crippen LogP contribution in [0.25, 0.3) is 22.5 Å². The summed E-state index contributed by atoms with van der Waals surface area (Å²) in [5.74, 6) is 0.362. The Morgan fingerprint density at radius 2 is 2.14 bits per heavy atom. The van der Waals surface area contributed by atoms with Gasteiger partial charge in [-0.15, -0.1) is 0 Å². The van der Waals surface area contributed by atoms with Gasteiger partial charge in [0.05, 0.1) is 24.3 Å². The normalized spacial score (nSPS) is 11.1. The number of nitrogens with zero attached hydrogens (tertiary/aromatic N) is 1. The van der Waals surface area contributed by atoms with E-state index in [4.69, 9.17) is 9.15 Å². The van der Waals surface area contributed by atoms with Crippen LogP contribution in [0.15, 0.2) is 39.7 Å². The quantitative estimate of drug-likeness (QED) is 0.802. The van der Waals surface area contributed by atoms with Gasteiger partial charge in [0.2, 0.25) is 0 Å². The van der Waals surface area contributed by atoms with Crippen molar-refractivity contribution in [2.75, 3.05) is 7.11 Å². The second-order valence-corrected chi connectivity index (χ2v) is 4.29. The molecule has 0 aliphatic carbocycles. The van der Waals surface area contributed by atoms with Crippen LogP contribution in [0.5, 0.6) is 11.5 Å². The summed E-state index contributed by atoms with van der Waals surface area (Å²) in [5.41, 5.74) is -0.259. The molecule has 0 saturated carbocycles. The van der Waals surface area contributed by atoms with Crippen LogP contribution in [0.4, 0.5) is 8.78 Å². The molecule has 22 heavy (non-hydrogen) atoms. The first kappa shape index (κ1) is 14.1. The van der Waals surface area contributed by atoms with Crippen molar-refractivity contribution in [3.8, 4) is 23.1 Å². The molecule has 0 unspecified atom stereocenters. The van der Waals surface area contributed by atoms with Crippen molar-refractivity contribution in [3.05, 3.63) is 40.9 Å². The summed E-state index contributed by atoms with van der Waals surface area (Å²) in [5, 5.41) is 0.189. The molecular formula is C14H10F2N2O4. The molecule has 0 saturated heterocycles. The average Bonchev–Trinajstić information content (AvgIpc) is 3.00. The zero-order valence-corrected chi connectivity index (χ0v) is 11.3. The van der Waals surface area contributed by atoms with Crippen molar-refractivity contribution < 1.29 is 22.7 Å². The monoisotopic (exact) mass is 308 g/mol. The molecule has 2 heterocycles. The maximum Gasteiger partial charge on any atom is 0.387 e. The highest BCUT2D eigenvalue weighted by atomic mass is 19.3. The Morgan fingerprint density at radius 3 is 2.77 bits per heavy atom. The van der Waals surface area contributed by atoms with Gasteiger partial charge in [0.15, 0.2) is 23.1 Å². The number of hydrogen-bond donors (Lipinski definition) is 1. The van der Waals surface area contributed by atoms with Gasteiger partial charge in [0, 0.05) is 6.07 Å². The standard InChI is InChI=1S/C14H10F2N2O4/c1-20-10-5-7-8(6-11(10)22-14(15)16)17-12(18-13(7)19)9-3-2-4-21-9/h2-6,14H,1H3,(H,17,18,19). The van der Waals surface area contributed by atoms with E-state index < -0.39 is 12.2 Å². The van der Waals surface area contributed by atoms with E-state index in [2.05, 4.69) is 14.7 Å². The number of halogens is 2. The predicted molar refractivity (Wildman–Crippen MR) is 73.2 cm³/mol. The van der Waals surface area contributed by atoms with Gasteiger partial charge in [0.1, 0.15) is 0 Å². The van der Waals surface area contributed by atoms with Crippen LogP contribution in [0.2, 0.25) is 0 Å². The molecule has 8 heteroatoms. The van der Waals surface area contributed by atoms with Gasteiger partial charge >= 0.3 is 6.61 Å². The number of alkyl halides is 2. The fraction of sp³-hybridized carbons (Fsp3) is 0.143. The van der Waals surface area contributed by atoms with Crippen LogP contribution < -0.4 is 15.0 Å². The lowest BCUT2D eigenvalue weighted by Crippen LogP contribution is -2.10. The number of methoxy groups -OCH3 is 1. The van der Waals surface area contributed by atoms with Crippen LogP contribution >= 0.6 is 0 Å². The average molecular weight is 308 g/mol. The lowest BCUT2D eigenvalue weighted by Gasteiger charge is -2.10. The largest absolute Gasteiger partial charge is 0.493 e. The number of aromatic nitrogens is 2. The minimum absolute atomic E-state index is 0.0193. The molecule has 0 aliphatic rings. The fourth-order valence-corrected chi connectivity index (χ4v) is 2.02. The summed E-state index contributed by atoms with van der Waals surface area (Å²) in [6, 6.07) is 5.77. The van der Waals surface area contributed by atoms with E-state index in [9.17, 15) is 13.6 Å². The predicted octanol–water partition coefficient (Wildman–Crippen LogP) is 2.79. The number of furan rings is 1. The minimum atomic E-state index is -3.02. The highest BCUT2D eigenvalue weighted by Crippen LogP contribution is 2.32. The van der Waals surface area contributed by atoms with Crippen molar-refractivity contribution in [2.24, 2.45) is 0 Å². The number of benzene rings is 1. The molecule has 0 atom stereocenters. The third kappa shape index (κ3) is 2.50. The van der Waals surface area contributed by atoms with Crippen LogP contribution in [-0.4, -0.2) is 23.7 Å². The molecule has 6 nitrogen and oxygen atoms in total. The topological polar surface area (TPSA) is 77.4 Å². The van der Waals surface area contributed by atoms with E-state index in [0.29, 0.717) is 5.76 Å². The Morgan fingerprint density at radius 1 is 1.32 bits per heavy atom. The van der Waals surface area contributed by atoms with Gasteiger partial charge in [-0.25, -0.2) is 4.98 Å². The van der Waals surface area contributed by atoms with E-state index in [1.54, 1.807) is 12.1 Å². The Kier molecular flexibility index (Phi) is 3.50. The Hall–Kier alpha value is -2.90. The third-order valence-corrected chi connectivity index (χ3v) is 2.96. The van der Waals surface area contributed by atoms with E-state index in [-0.39, 0.29) is 28.2 Å². The molecule has 3 aromatic rings. The highest BCUT2D eigenvalue weighted by molar-refractivity contribution is 5.83. The molecular weight excluding hydrogens is 298 g/mol. The summed E-state index contributed by atoms with van der Waals surface area (Å²) in [4.78, 5) is 18.9. The highest BCUT2D eigenvalue weighted by Gasteiger charge is 2.15. The molecule has 0 amide bonds. The zero-order chi connectivity index (χ0) is 15.7. The summed E-state index contributed by atoms with van der Waals surface area (Å²) in [6.07, 6.45) is 1.43. The molecule has 2 aromatic heterocycles. The second-order valence-electron chi connectivity index (χ2n) is 4.29. The lowest BCUT2D eigenvalue weighted by molar-refractivity contribution is -0.0511. The molecule has 1 N–H and O–H groups in total. The van der Waals surface area contributed by atoms with Gasteiger partial charge in [-0.3, -0.25) is 4.79 Å². The maximum absolute atomic E-state index is 12.4. The van der Waals surface area contributed by atoms with E-state index in [1.807, 2.05) is 0 Å². The van der Waals surface area contributed by atoms with Crippen molar-refractivity contribution in [3.63, 3.8) is 0 Å². The molecule has 114 valence electrons. The number of rotatable bonds is 4. The van der Waals surface area contributed by atoms with Crippen LogP contribution in [-0.2, 0) is 0 Å². The van der Waals surface area contributed by atoms with Gasteiger partial charge in [-0.1, -0.05) is 0 Å². The molecule has 0 bridgehead atoms. The summed E-state index contributed by atoms with van der Waals surface area (Å²) >= 11 is 0. The van der Waals surface area contributed by atoms with E-state index >= 15 is 0 Å². The molecule has 3 rings (SSSR count). The smallest absolute Gasteiger partial charge is 0.387 e. The molecule has 1 aromatic carbocycles. The number of H-pyrrole nitrogens is 1. The number of nitrogens with one attached hydrogen (secondary N) is 1. The summed E-state index contributed by atoms with van der Waals surface area (Å²) in [6.45, 7) is -3.02. The van der Waals surface area contributed by atoms with E-state index in [0.717, 1.165) is 0 Å². The molecule has 0 fully saturated rings. The number of hydrogen-bond acceptors (Lipinski definition) is 5. The van der Waals surface area contributed by atoms with Gasteiger partial charge in [0.25, 0.3) is 5.56 Å². The second kappa shape index (κ2) is 5.47. The SMILES string of the molecule is COc1cc2c(=O)[nH]c(-c3ccco3)nc2cc1OC(F)F. The molecule has 0 spiro atoms. The first-order valence-electron chi connectivity index (χ1n) is 6.19. The van der Waals surface area contributed by atoms with Crippen molar-refractivity contribution in [1.29, 1.82) is 0 Å². The number of aromatic amines is 1. The van der Waals surface area contributed by atoms with E-state index in [1.165, 1.54) is 25.5 Å². The third-order valence-electron chi connectivity index (χ3n) is 2.96. The summed E-state index contributed by atoms with van der Waals surface area (Å²) < 4.78 is 39.4. The Bertz CT molecular complexity index is 859. The molecule has 0 radical (unpaired) electrons. The van der Waals surface area contributed by atoms with Crippen molar-refractivity contribution >= 4 is 10.9 Å². The van der Waals surface area contributed by atoms with Gasteiger partial charge < -0.3 is 18.9 Å².